The molecule has 0 radical (unpaired) electrons. The van der Waals surface area contributed by atoms with Crippen LogP contribution in [0.25, 0.3) is 0 Å². The highest BCUT2D eigenvalue weighted by Gasteiger charge is 2.20. The third-order valence-electron chi connectivity index (χ3n) is 3.71. The van der Waals surface area contributed by atoms with Crippen LogP contribution in [-0.2, 0) is 0 Å². The number of quaternary nitrogens is 2. The van der Waals surface area contributed by atoms with E-state index in [1.807, 2.05) is 30.3 Å². The third kappa shape index (κ3) is 3.80. The molecule has 94 valence electrons. The van der Waals surface area contributed by atoms with Gasteiger partial charge < -0.3 is 14.9 Å². The molecule has 3 atom stereocenters. The van der Waals surface area contributed by atoms with Gasteiger partial charge in [-0.15, -0.1) is 0 Å². The van der Waals surface area contributed by atoms with Gasteiger partial charge in [0.15, 0.2) is 0 Å². The first kappa shape index (κ1) is 12.6. The Morgan fingerprint density at radius 2 is 1.88 bits per heavy atom. The molecule has 1 aromatic carbocycles. The summed E-state index contributed by atoms with van der Waals surface area (Å²) in [6.07, 6.45) is 0.951. The quantitative estimate of drug-likeness (QED) is 0.587. The zero-order valence-corrected chi connectivity index (χ0v) is 10.7. The first-order chi connectivity index (χ1) is 8.25. The molecule has 1 heterocycles. The molecule has 3 heteroatoms. The monoisotopic (exact) mass is 236 g/mol. The van der Waals surface area contributed by atoms with Crippen LogP contribution in [0.2, 0.25) is 0 Å². The topological polar surface area (TPSA) is 29.1 Å². The second kappa shape index (κ2) is 6.15. The van der Waals surface area contributed by atoms with Crippen molar-refractivity contribution in [2.45, 2.75) is 12.5 Å². The van der Waals surface area contributed by atoms with Crippen molar-refractivity contribution in [3.8, 4) is 0 Å². The molecular formula is C14H24N2O+2. The Morgan fingerprint density at radius 3 is 2.65 bits per heavy atom. The van der Waals surface area contributed by atoms with Crippen molar-refractivity contribution in [1.82, 2.24) is 0 Å². The largest absolute Gasteiger partial charge is 0.382 e. The van der Waals surface area contributed by atoms with Gasteiger partial charge in [-0.05, 0) is 5.56 Å². The smallest absolute Gasteiger partial charge is 0.128 e. The predicted molar refractivity (Wildman–Crippen MR) is 68.2 cm³/mol. The van der Waals surface area contributed by atoms with E-state index in [2.05, 4.69) is 7.05 Å². The number of aliphatic hydroxyl groups excluding tert-OH is 1. The van der Waals surface area contributed by atoms with E-state index in [0.29, 0.717) is 0 Å². The van der Waals surface area contributed by atoms with Crippen LogP contribution in [0.5, 0.6) is 0 Å². The van der Waals surface area contributed by atoms with Crippen molar-refractivity contribution < 1.29 is 14.9 Å². The van der Waals surface area contributed by atoms with Crippen molar-refractivity contribution in [3.05, 3.63) is 35.9 Å². The lowest BCUT2D eigenvalue weighted by atomic mass is 10.1. The zero-order chi connectivity index (χ0) is 12.1. The van der Waals surface area contributed by atoms with Crippen molar-refractivity contribution in [3.63, 3.8) is 0 Å². The SMILES string of the molecule is C[NH+]1CCC[NH+](C[C@@H](O)c2ccccc2)CC1. The lowest BCUT2D eigenvalue weighted by Gasteiger charge is -2.19. The van der Waals surface area contributed by atoms with Gasteiger partial charge in [0.25, 0.3) is 0 Å². The van der Waals surface area contributed by atoms with Gasteiger partial charge in [0.05, 0.1) is 20.1 Å². The van der Waals surface area contributed by atoms with E-state index in [4.69, 9.17) is 0 Å². The summed E-state index contributed by atoms with van der Waals surface area (Å²) >= 11 is 0. The number of rotatable bonds is 3. The molecule has 0 spiro atoms. The molecule has 3 N–H and O–H groups in total. The Labute approximate surface area is 104 Å². The second-order valence-electron chi connectivity index (χ2n) is 5.19. The fourth-order valence-electron chi connectivity index (χ4n) is 2.55. The van der Waals surface area contributed by atoms with Gasteiger partial charge in [0, 0.05) is 6.42 Å². The Kier molecular flexibility index (Phi) is 4.54. The molecular weight excluding hydrogens is 212 g/mol. The van der Waals surface area contributed by atoms with Crippen LogP contribution in [0.1, 0.15) is 18.1 Å². The molecule has 2 unspecified atom stereocenters. The molecule has 1 aliphatic heterocycles. The van der Waals surface area contributed by atoms with Crippen LogP contribution in [-0.4, -0.2) is 44.9 Å². The molecule has 0 aromatic heterocycles. The van der Waals surface area contributed by atoms with Gasteiger partial charge in [-0.1, -0.05) is 30.3 Å². The Bertz CT molecular complexity index is 328. The number of likely N-dealkylation sites (N-methyl/N-ethyl adjacent to an activating group) is 1. The highest BCUT2D eigenvalue weighted by molar-refractivity contribution is 5.17. The first-order valence-electron chi connectivity index (χ1n) is 6.63. The number of aliphatic hydroxyl groups is 1. The molecule has 2 rings (SSSR count). The van der Waals surface area contributed by atoms with E-state index in [1.165, 1.54) is 32.6 Å². The normalized spacial score (nSPS) is 27.4. The number of benzene rings is 1. The zero-order valence-electron chi connectivity index (χ0n) is 10.7. The van der Waals surface area contributed by atoms with Crippen LogP contribution in [0.3, 0.4) is 0 Å². The summed E-state index contributed by atoms with van der Waals surface area (Å²) < 4.78 is 0. The summed E-state index contributed by atoms with van der Waals surface area (Å²) in [7, 11) is 2.26. The maximum Gasteiger partial charge on any atom is 0.128 e. The first-order valence-corrected chi connectivity index (χ1v) is 6.63. The maximum absolute atomic E-state index is 10.2. The maximum atomic E-state index is 10.2. The third-order valence-corrected chi connectivity index (χ3v) is 3.71. The summed E-state index contributed by atoms with van der Waals surface area (Å²) in [6.45, 7) is 5.70. The van der Waals surface area contributed by atoms with E-state index < -0.39 is 0 Å². The van der Waals surface area contributed by atoms with Gasteiger partial charge in [-0.3, -0.25) is 0 Å². The van der Waals surface area contributed by atoms with E-state index >= 15 is 0 Å². The van der Waals surface area contributed by atoms with E-state index in [0.717, 1.165) is 12.1 Å². The van der Waals surface area contributed by atoms with Crippen LogP contribution >= 0.6 is 0 Å². The molecule has 0 amide bonds. The molecule has 17 heavy (non-hydrogen) atoms. The molecule has 1 aliphatic rings. The van der Waals surface area contributed by atoms with Crippen LogP contribution in [0, 0.1) is 0 Å². The molecule has 0 aliphatic carbocycles. The Hall–Kier alpha value is -0.900. The summed E-state index contributed by atoms with van der Waals surface area (Å²) in [5.74, 6) is 0. The minimum absolute atomic E-state index is 0.315. The lowest BCUT2D eigenvalue weighted by Crippen LogP contribution is -3.16. The summed E-state index contributed by atoms with van der Waals surface area (Å²) in [5.41, 5.74) is 1.05. The summed E-state index contributed by atoms with van der Waals surface area (Å²) in [5, 5.41) is 10.2. The van der Waals surface area contributed by atoms with Crippen molar-refractivity contribution in [2.24, 2.45) is 0 Å². The molecule has 1 fully saturated rings. The fraction of sp³-hybridized carbons (Fsp3) is 0.571. The van der Waals surface area contributed by atoms with Gasteiger partial charge in [-0.25, -0.2) is 0 Å². The average molecular weight is 236 g/mol. The number of hydrogen-bond donors (Lipinski definition) is 3. The van der Waals surface area contributed by atoms with Gasteiger partial charge in [0.1, 0.15) is 25.7 Å². The molecule has 0 saturated carbocycles. The van der Waals surface area contributed by atoms with Crippen molar-refractivity contribution in [2.75, 3.05) is 39.8 Å². The van der Waals surface area contributed by atoms with E-state index in [9.17, 15) is 5.11 Å². The van der Waals surface area contributed by atoms with Crippen molar-refractivity contribution >= 4 is 0 Å². The highest BCUT2D eigenvalue weighted by Crippen LogP contribution is 2.09. The van der Waals surface area contributed by atoms with Crippen molar-refractivity contribution in [1.29, 1.82) is 0 Å². The standard InChI is InChI=1S/C14H22N2O/c1-15-8-5-9-16(11-10-15)12-14(17)13-6-3-2-4-7-13/h2-4,6-7,14,17H,5,8-12H2,1H3/p+2/t14-/m1/s1. The van der Waals surface area contributed by atoms with E-state index in [1.54, 1.807) is 9.80 Å². The average Bonchev–Trinajstić information content (AvgIpc) is 2.56. The van der Waals surface area contributed by atoms with E-state index in [-0.39, 0.29) is 6.10 Å². The van der Waals surface area contributed by atoms with Gasteiger partial charge in [-0.2, -0.15) is 0 Å². The summed E-state index contributed by atoms with van der Waals surface area (Å²) in [4.78, 5) is 3.16. The molecule has 3 nitrogen and oxygen atoms in total. The molecule has 1 aromatic rings. The lowest BCUT2D eigenvalue weighted by molar-refractivity contribution is -0.932. The number of nitrogens with one attached hydrogen (secondary N) is 2. The molecule has 0 bridgehead atoms. The minimum atomic E-state index is -0.315. The highest BCUT2D eigenvalue weighted by atomic mass is 16.3. The van der Waals surface area contributed by atoms with Gasteiger partial charge >= 0.3 is 0 Å². The Balaban J connectivity index is 1.88. The van der Waals surface area contributed by atoms with Crippen LogP contribution < -0.4 is 9.80 Å². The summed E-state index contributed by atoms with van der Waals surface area (Å²) in [6, 6.07) is 10.0. The predicted octanol–water partition coefficient (Wildman–Crippen LogP) is -1.48. The number of hydrogen-bond acceptors (Lipinski definition) is 1. The van der Waals surface area contributed by atoms with Crippen LogP contribution in [0.15, 0.2) is 30.3 Å². The second-order valence-corrected chi connectivity index (χ2v) is 5.19. The van der Waals surface area contributed by atoms with Crippen LogP contribution in [0.4, 0.5) is 0 Å². The molecule has 1 saturated heterocycles. The van der Waals surface area contributed by atoms with Gasteiger partial charge in [0.2, 0.25) is 0 Å². The minimum Gasteiger partial charge on any atom is -0.382 e. The fourth-order valence-corrected chi connectivity index (χ4v) is 2.55. The Morgan fingerprint density at radius 1 is 1.12 bits per heavy atom.